The molecule has 2 aromatic rings. The average molecular weight is 386 g/mol. The SMILES string of the molecule is NC(=O)[C@@H]1COCCN1CC(=O)Nc1cccc(CSc2ccccn2)c1. The van der Waals surface area contributed by atoms with Gasteiger partial charge in [0.05, 0.1) is 24.8 Å². The lowest BCUT2D eigenvalue weighted by atomic mass is 10.2. The van der Waals surface area contributed by atoms with Crippen LogP contribution in [0.25, 0.3) is 0 Å². The zero-order valence-electron chi connectivity index (χ0n) is 14.8. The van der Waals surface area contributed by atoms with E-state index in [2.05, 4.69) is 10.3 Å². The Kier molecular flexibility index (Phi) is 6.80. The van der Waals surface area contributed by atoms with Gasteiger partial charge in [-0.1, -0.05) is 18.2 Å². The maximum Gasteiger partial charge on any atom is 0.238 e. The van der Waals surface area contributed by atoms with Crippen molar-refractivity contribution in [2.75, 3.05) is 31.6 Å². The number of anilines is 1. The van der Waals surface area contributed by atoms with Gasteiger partial charge >= 0.3 is 0 Å². The number of rotatable bonds is 7. The first-order valence-corrected chi connectivity index (χ1v) is 9.64. The number of nitrogens with zero attached hydrogens (tertiary/aromatic N) is 2. The van der Waals surface area contributed by atoms with Gasteiger partial charge in [-0.3, -0.25) is 14.5 Å². The second-order valence-corrected chi connectivity index (χ2v) is 7.16. The number of nitrogens with two attached hydrogens (primary N) is 1. The van der Waals surface area contributed by atoms with Gasteiger partial charge in [-0.2, -0.15) is 0 Å². The van der Waals surface area contributed by atoms with Crippen LogP contribution in [0.1, 0.15) is 5.56 Å². The van der Waals surface area contributed by atoms with E-state index in [9.17, 15) is 9.59 Å². The second kappa shape index (κ2) is 9.50. The number of aromatic nitrogens is 1. The lowest BCUT2D eigenvalue weighted by Crippen LogP contribution is -2.54. The van der Waals surface area contributed by atoms with Crippen LogP contribution in [-0.2, 0) is 20.1 Å². The Bertz CT molecular complexity index is 788. The molecule has 1 fully saturated rings. The molecule has 7 nitrogen and oxygen atoms in total. The Morgan fingerprint density at radius 1 is 1.30 bits per heavy atom. The molecule has 0 aliphatic carbocycles. The largest absolute Gasteiger partial charge is 0.378 e. The normalized spacial score (nSPS) is 17.4. The highest BCUT2D eigenvalue weighted by molar-refractivity contribution is 7.98. The molecule has 1 aromatic heterocycles. The molecule has 3 N–H and O–H groups in total. The van der Waals surface area contributed by atoms with Crippen molar-refractivity contribution in [2.45, 2.75) is 16.8 Å². The zero-order valence-corrected chi connectivity index (χ0v) is 15.7. The minimum atomic E-state index is -0.564. The third kappa shape index (κ3) is 5.78. The summed E-state index contributed by atoms with van der Waals surface area (Å²) in [6.45, 7) is 1.31. The number of amides is 2. The van der Waals surface area contributed by atoms with Crippen molar-refractivity contribution in [3.63, 3.8) is 0 Å². The minimum Gasteiger partial charge on any atom is -0.378 e. The van der Waals surface area contributed by atoms with Crippen molar-refractivity contribution in [1.29, 1.82) is 0 Å². The molecule has 2 heterocycles. The first-order valence-electron chi connectivity index (χ1n) is 8.65. The van der Waals surface area contributed by atoms with Gasteiger partial charge in [0.1, 0.15) is 6.04 Å². The standard InChI is InChI=1S/C19H22N4O3S/c20-19(25)16-12-26-9-8-23(16)11-17(24)22-15-5-3-4-14(10-15)13-27-18-6-1-2-7-21-18/h1-7,10,16H,8-9,11-13H2,(H2,20,25)(H,22,24)/t16-/m0/s1. The average Bonchev–Trinajstić information content (AvgIpc) is 2.67. The van der Waals surface area contributed by atoms with Gasteiger partial charge in [0.15, 0.2) is 0 Å². The molecule has 0 spiro atoms. The molecule has 27 heavy (non-hydrogen) atoms. The van der Waals surface area contributed by atoms with Crippen molar-refractivity contribution >= 4 is 29.3 Å². The molecule has 0 bridgehead atoms. The van der Waals surface area contributed by atoms with Gasteiger partial charge in [-0.15, -0.1) is 11.8 Å². The zero-order chi connectivity index (χ0) is 19.1. The molecule has 1 aliphatic rings. The number of carbonyl (C=O) groups excluding carboxylic acids is 2. The van der Waals surface area contributed by atoms with E-state index < -0.39 is 11.9 Å². The third-order valence-corrected chi connectivity index (χ3v) is 5.16. The number of carbonyl (C=O) groups is 2. The van der Waals surface area contributed by atoms with Gasteiger partial charge in [0.2, 0.25) is 11.8 Å². The van der Waals surface area contributed by atoms with Crippen LogP contribution >= 0.6 is 11.8 Å². The number of hydrogen-bond acceptors (Lipinski definition) is 6. The van der Waals surface area contributed by atoms with Gasteiger partial charge < -0.3 is 15.8 Å². The Labute approximate surface area is 162 Å². The summed E-state index contributed by atoms with van der Waals surface area (Å²) in [6.07, 6.45) is 1.77. The Hall–Kier alpha value is -2.42. The fourth-order valence-corrected chi connectivity index (χ4v) is 3.61. The fourth-order valence-electron chi connectivity index (χ4n) is 2.80. The monoisotopic (exact) mass is 386 g/mol. The van der Waals surface area contributed by atoms with Crippen LogP contribution in [0.4, 0.5) is 5.69 Å². The molecule has 8 heteroatoms. The number of hydrogen-bond donors (Lipinski definition) is 2. The van der Waals surface area contributed by atoms with Crippen LogP contribution in [0, 0.1) is 0 Å². The molecule has 3 rings (SSSR count). The Morgan fingerprint density at radius 3 is 2.96 bits per heavy atom. The molecule has 0 radical (unpaired) electrons. The highest BCUT2D eigenvalue weighted by Crippen LogP contribution is 2.22. The van der Waals surface area contributed by atoms with E-state index in [0.29, 0.717) is 13.2 Å². The molecule has 0 unspecified atom stereocenters. The summed E-state index contributed by atoms with van der Waals surface area (Å²) in [5.74, 6) is 0.0993. The van der Waals surface area contributed by atoms with Crippen LogP contribution in [0.3, 0.4) is 0 Å². The third-order valence-electron chi connectivity index (χ3n) is 4.15. The molecule has 142 valence electrons. The number of ether oxygens (including phenoxy) is 1. The molecular weight excluding hydrogens is 364 g/mol. The Balaban J connectivity index is 1.55. The van der Waals surface area contributed by atoms with Crippen molar-refractivity contribution < 1.29 is 14.3 Å². The van der Waals surface area contributed by atoms with Gasteiger partial charge in [-0.25, -0.2) is 4.98 Å². The van der Waals surface area contributed by atoms with Crippen LogP contribution < -0.4 is 11.1 Å². The molecule has 1 aliphatic heterocycles. The number of benzene rings is 1. The van der Waals surface area contributed by atoms with Crippen molar-refractivity contribution in [3.05, 3.63) is 54.2 Å². The van der Waals surface area contributed by atoms with Gasteiger partial charge in [0, 0.05) is 24.2 Å². The summed E-state index contributed by atoms with van der Waals surface area (Å²) < 4.78 is 5.27. The van der Waals surface area contributed by atoms with Gasteiger partial charge in [0.25, 0.3) is 0 Å². The number of thioether (sulfide) groups is 1. The molecule has 2 amide bonds. The first kappa shape index (κ1) is 19.3. The predicted octanol–water partition coefficient (Wildman–Crippen LogP) is 1.50. The fraction of sp³-hybridized carbons (Fsp3) is 0.316. The van der Waals surface area contributed by atoms with Crippen molar-refractivity contribution in [2.24, 2.45) is 5.73 Å². The highest BCUT2D eigenvalue weighted by Gasteiger charge is 2.29. The Morgan fingerprint density at radius 2 is 2.19 bits per heavy atom. The van der Waals surface area contributed by atoms with Crippen molar-refractivity contribution in [3.8, 4) is 0 Å². The first-order chi connectivity index (χ1) is 13.1. The summed E-state index contributed by atoms with van der Waals surface area (Å²) >= 11 is 1.64. The molecule has 0 saturated carbocycles. The summed E-state index contributed by atoms with van der Waals surface area (Å²) in [5.41, 5.74) is 7.20. The lowest BCUT2D eigenvalue weighted by Gasteiger charge is -2.32. The van der Waals surface area contributed by atoms with Crippen LogP contribution in [0.5, 0.6) is 0 Å². The van der Waals surface area contributed by atoms with E-state index in [-0.39, 0.29) is 19.1 Å². The minimum absolute atomic E-state index is 0.101. The summed E-state index contributed by atoms with van der Waals surface area (Å²) in [5, 5.41) is 3.84. The smallest absolute Gasteiger partial charge is 0.238 e. The quantitative estimate of drug-likeness (QED) is 0.700. The van der Waals surface area contributed by atoms with E-state index in [1.54, 1.807) is 22.9 Å². The molecular formula is C19H22N4O3S. The summed E-state index contributed by atoms with van der Waals surface area (Å²) in [7, 11) is 0. The van der Waals surface area contributed by atoms with Crippen molar-refractivity contribution in [1.82, 2.24) is 9.88 Å². The molecule has 1 aromatic carbocycles. The van der Waals surface area contributed by atoms with Crippen LogP contribution in [0.2, 0.25) is 0 Å². The predicted molar refractivity (Wildman–Crippen MR) is 104 cm³/mol. The molecule has 1 atom stereocenters. The summed E-state index contributed by atoms with van der Waals surface area (Å²) in [6, 6.07) is 12.9. The van der Waals surface area contributed by atoms with Crippen LogP contribution in [0.15, 0.2) is 53.7 Å². The second-order valence-electron chi connectivity index (χ2n) is 6.17. The van der Waals surface area contributed by atoms with Gasteiger partial charge in [-0.05, 0) is 29.8 Å². The highest BCUT2D eigenvalue weighted by atomic mass is 32.2. The number of nitrogens with one attached hydrogen (secondary N) is 1. The van der Waals surface area contributed by atoms with Crippen LogP contribution in [-0.4, -0.2) is 54.0 Å². The van der Waals surface area contributed by atoms with E-state index in [0.717, 1.165) is 22.0 Å². The number of primary amides is 1. The topological polar surface area (TPSA) is 97.6 Å². The van der Waals surface area contributed by atoms with E-state index in [1.807, 2.05) is 42.5 Å². The van der Waals surface area contributed by atoms with E-state index in [4.69, 9.17) is 10.5 Å². The lowest BCUT2D eigenvalue weighted by molar-refractivity contribution is -0.131. The maximum absolute atomic E-state index is 12.4. The van der Waals surface area contributed by atoms with E-state index >= 15 is 0 Å². The number of pyridine rings is 1. The number of morpholine rings is 1. The summed E-state index contributed by atoms with van der Waals surface area (Å²) in [4.78, 5) is 29.9. The maximum atomic E-state index is 12.4. The van der Waals surface area contributed by atoms with E-state index in [1.165, 1.54) is 0 Å². The molecule has 1 saturated heterocycles.